The van der Waals surface area contributed by atoms with E-state index in [1.165, 1.54) is 31.4 Å². The van der Waals surface area contributed by atoms with Gasteiger partial charge in [0.25, 0.3) is 0 Å². The number of carbonyl (C=O) groups excluding carboxylic acids is 1. The minimum absolute atomic E-state index is 0.0399. The molecule has 0 radical (unpaired) electrons. The molecule has 0 saturated heterocycles. The van der Waals surface area contributed by atoms with Crippen LogP contribution in [-0.2, 0) is 20.5 Å². The van der Waals surface area contributed by atoms with Crippen LogP contribution < -0.4 is 4.72 Å². The Morgan fingerprint density at radius 2 is 1.92 bits per heavy atom. The SMILES string of the molecule is COC(=O)c1cccc(S(=O)(=O)NCCSCc2ccc(Cl)cc2)c1. The zero-order valence-corrected chi connectivity index (χ0v) is 16.0. The third-order valence-corrected chi connectivity index (χ3v) is 6.03. The Kier molecular flexibility index (Phi) is 7.31. The number of ether oxygens (including phenoxy) is 1. The van der Waals surface area contributed by atoms with Gasteiger partial charge in [-0.1, -0.05) is 29.8 Å². The highest BCUT2D eigenvalue weighted by Gasteiger charge is 2.16. The molecule has 2 aromatic rings. The molecule has 0 aliphatic carbocycles. The van der Waals surface area contributed by atoms with Crippen molar-refractivity contribution >= 4 is 39.4 Å². The zero-order valence-electron chi connectivity index (χ0n) is 13.6. The fourth-order valence-corrected chi connectivity index (χ4v) is 4.16. The second kappa shape index (κ2) is 9.24. The molecule has 2 rings (SSSR count). The van der Waals surface area contributed by atoms with Crippen molar-refractivity contribution in [3.8, 4) is 0 Å². The molecule has 0 aromatic heterocycles. The highest BCUT2D eigenvalue weighted by Crippen LogP contribution is 2.16. The van der Waals surface area contributed by atoms with Gasteiger partial charge in [0.05, 0.1) is 17.6 Å². The maximum absolute atomic E-state index is 12.3. The normalized spacial score (nSPS) is 11.3. The first kappa shape index (κ1) is 19.8. The van der Waals surface area contributed by atoms with Crippen molar-refractivity contribution in [2.45, 2.75) is 10.6 Å². The molecule has 0 heterocycles. The smallest absolute Gasteiger partial charge is 0.337 e. The molecular formula is C17H18ClNO4S2. The second-order valence-electron chi connectivity index (χ2n) is 5.10. The van der Waals surface area contributed by atoms with Crippen LogP contribution in [0.4, 0.5) is 0 Å². The molecule has 2 aromatic carbocycles. The van der Waals surface area contributed by atoms with Gasteiger partial charge in [0.15, 0.2) is 0 Å². The van der Waals surface area contributed by atoms with Crippen molar-refractivity contribution in [3.05, 3.63) is 64.7 Å². The van der Waals surface area contributed by atoms with Crippen molar-refractivity contribution in [3.63, 3.8) is 0 Å². The summed E-state index contributed by atoms with van der Waals surface area (Å²) in [5, 5.41) is 0.690. The van der Waals surface area contributed by atoms with Crippen LogP contribution in [0.1, 0.15) is 15.9 Å². The Bertz CT molecular complexity index is 823. The number of thioether (sulfide) groups is 1. The van der Waals surface area contributed by atoms with E-state index in [4.69, 9.17) is 11.6 Å². The molecule has 8 heteroatoms. The number of methoxy groups -OCH3 is 1. The Labute approximate surface area is 156 Å². The molecular weight excluding hydrogens is 382 g/mol. The Morgan fingerprint density at radius 1 is 1.20 bits per heavy atom. The molecule has 0 amide bonds. The average Bonchev–Trinajstić information content (AvgIpc) is 2.62. The monoisotopic (exact) mass is 399 g/mol. The lowest BCUT2D eigenvalue weighted by molar-refractivity contribution is 0.0600. The molecule has 5 nitrogen and oxygen atoms in total. The first-order valence-corrected chi connectivity index (χ1v) is 10.4. The Hall–Kier alpha value is -1.54. The first-order valence-electron chi connectivity index (χ1n) is 7.42. The lowest BCUT2D eigenvalue weighted by Crippen LogP contribution is -2.26. The fourth-order valence-electron chi connectivity index (χ4n) is 2.01. The third kappa shape index (κ3) is 6.04. The topological polar surface area (TPSA) is 72.5 Å². The summed E-state index contributed by atoms with van der Waals surface area (Å²) in [7, 11) is -2.41. The van der Waals surface area contributed by atoms with Crippen LogP contribution in [0.2, 0.25) is 5.02 Å². The standard InChI is InChI=1S/C17H18ClNO4S2/c1-23-17(20)14-3-2-4-16(11-14)25(21,22)19-9-10-24-12-13-5-7-15(18)8-6-13/h2-8,11,19H,9-10,12H2,1H3. The quantitative estimate of drug-likeness (QED) is 0.544. The van der Waals surface area contributed by atoms with Gasteiger partial charge in [-0.2, -0.15) is 11.8 Å². The number of hydrogen-bond donors (Lipinski definition) is 1. The number of hydrogen-bond acceptors (Lipinski definition) is 5. The molecule has 0 aliphatic rings. The van der Waals surface area contributed by atoms with Crippen LogP contribution in [0, 0.1) is 0 Å². The minimum Gasteiger partial charge on any atom is -0.465 e. The summed E-state index contributed by atoms with van der Waals surface area (Å²) in [5.74, 6) is 0.825. The van der Waals surface area contributed by atoms with Crippen LogP contribution in [0.15, 0.2) is 53.4 Å². The average molecular weight is 400 g/mol. The molecule has 0 atom stereocenters. The van der Waals surface area contributed by atoms with E-state index in [2.05, 4.69) is 9.46 Å². The zero-order chi connectivity index (χ0) is 18.3. The second-order valence-corrected chi connectivity index (χ2v) is 8.40. The van der Waals surface area contributed by atoms with Crippen molar-refractivity contribution in [1.82, 2.24) is 4.72 Å². The largest absolute Gasteiger partial charge is 0.465 e. The lowest BCUT2D eigenvalue weighted by Gasteiger charge is -2.08. The van der Waals surface area contributed by atoms with Crippen molar-refractivity contribution < 1.29 is 17.9 Å². The molecule has 1 N–H and O–H groups in total. The van der Waals surface area contributed by atoms with Gasteiger partial charge >= 0.3 is 5.97 Å². The van der Waals surface area contributed by atoms with E-state index in [9.17, 15) is 13.2 Å². The summed E-state index contributed by atoms with van der Waals surface area (Å²) in [4.78, 5) is 11.5. The summed E-state index contributed by atoms with van der Waals surface area (Å²) in [6.07, 6.45) is 0. The molecule has 134 valence electrons. The van der Waals surface area contributed by atoms with Crippen LogP contribution in [0.3, 0.4) is 0 Å². The number of esters is 1. The van der Waals surface area contributed by atoms with Gasteiger partial charge in [-0.3, -0.25) is 0 Å². The van der Waals surface area contributed by atoms with Crippen molar-refractivity contribution in [1.29, 1.82) is 0 Å². The summed E-state index contributed by atoms with van der Waals surface area (Å²) < 4.78 is 31.7. The number of benzene rings is 2. The number of rotatable bonds is 8. The predicted molar refractivity (Wildman–Crippen MR) is 101 cm³/mol. The van der Waals surface area contributed by atoms with Gasteiger partial charge in [0.2, 0.25) is 10.0 Å². The summed E-state index contributed by atoms with van der Waals surface area (Å²) >= 11 is 7.45. The molecule has 0 fully saturated rings. The molecule has 0 bridgehead atoms. The van der Waals surface area contributed by atoms with Gasteiger partial charge < -0.3 is 4.74 Å². The number of halogens is 1. The van der Waals surface area contributed by atoms with Crippen LogP contribution in [0.25, 0.3) is 0 Å². The molecule has 0 unspecified atom stereocenters. The van der Waals surface area contributed by atoms with Crippen molar-refractivity contribution in [2.75, 3.05) is 19.4 Å². The number of sulfonamides is 1. The Morgan fingerprint density at radius 3 is 2.60 bits per heavy atom. The maximum Gasteiger partial charge on any atom is 0.337 e. The Balaban J connectivity index is 1.85. The van der Waals surface area contributed by atoms with E-state index < -0.39 is 16.0 Å². The van der Waals surface area contributed by atoms with E-state index in [1.807, 2.05) is 24.3 Å². The number of carbonyl (C=O) groups is 1. The number of nitrogens with one attached hydrogen (secondary N) is 1. The van der Waals surface area contributed by atoms with E-state index >= 15 is 0 Å². The van der Waals surface area contributed by atoms with Gasteiger partial charge in [-0.05, 0) is 35.9 Å². The highest BCUT2D eigenvalue weighted by atomic mass is 35.5. The summed E-state index contributed by atoms with van der Waals surface area (Å²) in [6.45, 7) is 0.295. The summed E-state index contributed by atoms with van der Waals surface area (Å²) in [6, 6.07) is 13.3. The van der Waals surface area contributed by atoms with Crippen molar-refractivity contribution in [2.24, 2.45) is 0 Å². The summed E-state index contributed by atoms with van der Waals surface area (Å²) in [5.41, 5.74) is 1.32. The van der Waals surface area contributed by atoms with Gasteiger partial charge in [0.1, 0.15) is 0 Å². The fraction of sp³-hybridized carbons (Fsp3) is 0.235. The van der Waals surface area contributed by atoms with Crippen LogP contribution >= 0.6 is 23.4 Å². The highest BCUT2D eigenvalue weighted by molar-refractivity contribution is 7.98. The van der Waals surface area contributed by atoms with Gasteiger partial charge in [0, 0.05) is 23.1 Å². The van der Waals surface area contributed by atoms with Gasteiger partial charge in [-0.15, -0.1) is 0 Å². The molecule has 0 saturated carbocycles. The van der Waals surface area contributed by atoms with E-state index in [0.717, 1.165) is 11.3 Å². The lowest BCUT2D eigenvalue weighted by atomic mass is 10.2. The van der Waals surface area contributed by atoms with Crippen LogP contribution in [0.5, 0.6) is 0 Å². The first-order chi connectivity index (χ1) is 11.9. The van der Waals surface area contributed by atoms with E-state index in [-0.39, 0.29) is 10.5 Å². The molecule has 0 aliphatic heterocycles. The molecule has 0 spiro atoms. The van der Waals surface area contributed by atoms with Gasteiger partial charge in [-0.25, -0.2) is 17.9 Å². The molecule has 25 heavy (non-hydrogen) atoms. The van der Waals surface area contributed by atoms with E-state index in [1.54, 1.807) is 11.8 Å². The third-order valence-electron chi connectivity index (χ3n) is 3.29. The van der Waals surface area contributed by atoms with E-state index in [0.29, 0.717) is 17.3 Å². The van der Waals surface area contributed by atoms with Crippen LogP contribution in [-0.4, -0.2) is 33.8 Å². The maximum atomic E-state index is 12.3. The predicted octanol–water partition coefficient (Wildman–Crippen LogP) is 3.34. The minimum atomic E-state index is -3.66.